The number of hydrogen-bond donors (Lipinski definition) is 2. The molecule has 0 aromatic heterocycles. The first-order valence-electron chi connectivity index (χ1n) is 4.40. The van der Waals surface area contributed by atoms with Crippen molar-refractivity contribution in [1.82, 2.24) is 0 Å². The first kappa shape index (κ1) is 11.8. The van der Waals surface area contributed by atoms with Crippen LogP contribution in [-0.2, 0) is 9.59 Å². The Bertz CT molecular complexity index is 436. The van der Waals surface area contributed by atoms with Crippen LogP contribution in [-0.4, -0.2) is 22.2 Å². The zero-order valence-corrected chi connectivity index (χ0v) is 8.34. The Morgan fingerprint density at radius 2 is 2.06 bits per heavy atom. The number of carboxylic acid groups (broad SMARTS) is 1. The summed E-state index contributed by atoms with van der Waals surface area (Å²) in [6.45, 7) is 3.30. The summed E-state index contributed by atoms with van der Waals surface area (Å²) in [5, 5.41) is 17.5. The highest BCUT2D eigenvalue weighted by atomic mass is 16.5. The van der Waals surface area contributed by atoms with Gasteiger partial charge in [0.2, 0.25) is 0 Å². The van der Waals surface area contributed by atoms with Crippen LogP contribution in [0.1, 0.15) is 6.42 Å². The number of esters is 1. The second kappa shape index (κ2) is 4.97. The second-order valence-electron chi connectivity index (χ2n) is 3.06. The van der Waals surface area contributed by atoms with Gasteiger partial charge in [-0.05, 0) is 12.1 Å². The molecule has 0 aliphatic rings. The van der Waals surface area contributed by atoms with Gasteiger partial charge in [-0.1, -0.05) is 12.6 Å². The molecule has 5 heteroatoms. The topological polar surface area (TPSA) is 83.8 Å². The summed E-state index contributed by atoms with van der Waals surface area (Å²) in [5.74, 6) is -1.89. The van der Waals surface area contributed by atoms with Crippen molar-refractivity contribution < 1.29 is 24.5 Å². The maximum atomic E-state index is 11.3. The Hall–Kier alpha value is -2.30. The fourth-order valence-corrected chi connectivity index (χ4v) is 0.981. The summed E-state index contributed by atoms with van der Waals surface area (Å²) in [5.41, 5.74) is -0.157. The number of phenolic OH excluding ortho intramolecular Hbond substituents is 1. The predicted octanol–water partition coefficient (Wildman–Crippen LogP) is 1.33. The van der Waals surface area contributed by atoms with Crippen molar-refractivity contribution in [3.05, 3.63) is 36.4 Å². The van der Waals surface area contributed by atoms with Gasteiger partial charge in [0.25, 0.3) is 0 Å². The van der Waals surface area contributed by atoms with Gasteiger partial charge in [-0.25, -0.2) is 4.79 Å². The minimum atomic E-state index is -1.15. The lowest BCUT2D eigenvalue weighted by Gasteiger charge is -2.05. The van der Waals surface area contributed by atoms with Crippen molar-refractivity contribution in [1.29, 1.82) is 0 Å². The molecule has 84 valence electrons. The number of rotatable bonds is 4. The maximum absolute atomic E-state index is 11.3. The van der Waals surface area contributed by atoms with Gasteiger partial charge in [0.05, 0.1) is 6.42 Å². The van der Waals surface area contributed by atoms with Crippen LogP contribution in [0.15, 0.2) is 36.4 Å². The summed E-state index contributed by atoms with van der Waals surface area (Å²) in [6, 6.07) is 5.62. The number of hydrogen-bond acceptors (Lipinski definition) is 4. The standard InChI is InChI=1S/C11H10O5/c1-7(5-10(13)14)11(15)16-9-4-2-3-8(12)6-9/h2-4,6,12H,1,5H2,(H,13,14). The lowest BCUT2D eigenvalue weighted by Crippen LogP contribution is -2.13. The molecule has 0 saturated carbocycles. The van der Waals surface area contributed by atoms with Gasteiger partial charge in [-0.15, -0.1) is 0 Å². The molecule has 0 atom stereocenters. The quantitative estimate of drug-likeness (QED) is 0.456. The van der Waals surface area contributed by atoms with Gasteiger partial charge < -0.3 is 14.9 Å². The van der Waals surface area contributed by atoms with Gasteiger partial charge >= 0.3 is 11.9 Å². The number of benzene rings is 1. The van der Waals surface area contributed by atoms with Crippen LogP contribution in [0.4, 0.5) is 0 Å². The summed E-state index contributed by atoms with van der Waals surface area (Å²) in [7, 11) is 0. The van der Waals surface area contributed by atoms with E-state index in [9.17, 15) is 9.59 Å². The molecule has 0 amide bonds. The second-order valence-corrected chi connectivity index (χ2v) is 3.06. The number of carbonyl (C=O) groups is 2. The van der Waals surface area contributed by atoms with Crippen molar-refractivity contribution >= 4 is 11.9 Å². The van der Waals surface area contributed by atoms with Gasteiger partial charge in [0.15, 0.2) is 0 Å². The average molecular weight is 222 g/mol. The molecule has 2 N–H and O–H groups in total. The van der Waals surface area contributed by atoms with E-state index in [1.165, 1.54) is 24.3 Å². The molecule has 5 nitrogen and oxygen atoms in total. The average Bonchev–Trinajstić information content (AvgIpc) is 2.16. The number of carbonyl (C=O) groups excluding carboxylic acids is 1. The van der Waals surface area contributed by atoms with E-state index < -0.39 is 18.4 Å². The molecular formula is C11H10O5. The highest BCUT2D eigenvalue weighted by Crippen LogP contribution is 2.18. The Morgan fingerprint density at radius 1 is 1.38 bits per heavy atom. The minimum Gasteiger partial charge on any atom is -0.508 e. The third-order valence-electron chi connectivity index (χ3n) is 1.68. The van der Waals surface area contributed by atoms with Crippen molar-refractivity contribution in [3.8, 4) is 11.5 Å². The number of phenols is 1. The lowest BCUT2D eigenvalue weighted by molar-refractivity contribution is -0.138. The fourth-order valence-electron chi connectivity index (χ4n) is 0.981. The first-order valence-corrected chi connectivity index (χ1v) is 4.40. The summed E-state index contributed by atoms with van der Waals surface area (Å²) in [4.78, 5) is 21.6. The summed E-state index contributed by atoms with van der Waals surface area (Å²) in [6.07, 6.45) is -0.475. The van der Waals surface area contributed by atoms with Crippen LogP contribution in [0.3, 0.4) is 0 Å². The number of ether oxygens (including phenoxy) is 1. The summed E-state index contributed by atoms with van der Waals surface area (Å²) >= 11 is 0. The highest BCUT2D eigenvalue weighted by molar-refractivity contribution is 5.94. The normalized spacial score (nSPS) is 9.50. The van der Waals surface area contributed by atoms with Crippen LogP contribution in [0.25, 0.3) is 0 Å². The molecule has 0 bridgehead atoms. The Kier molecular flexibility index (Phi) is 3.66. The van der Waals surface area contributed by atoms with Gasteiger partial charge in [0, 0.05) is 11.6 Å². The van der Waals surface area contributed by atoms with Crippen molar-refractivity contribution in [2.24, 2.45) is 0 Å². The van der Waals surface area contributed by atoms with Crippen LogP contribution in [0.2, 0.25) is 0 Å². The van der Waals surface area contributed by atoms with E-state index in [0.717, 1.165) is 0 Å². The fraction of sp³-hybridized carbons (Fsp3) is 0.0909. The van der Waals surface area contributed by atoms with E-state index in [2.05, 4.69) is 6.58 Å². The largest absolute Gasteiger partial charge is 0.508 e. The molecule has 0 spiro atoms. The third kappa shape index (κ3) is 3.45. The molecule has 0 saturated heterocycles. The van der Waals surface area contributed by atoms with E-state index in [0.29, 0.717) is 0 Å². The molecule has 1 aromatic carbocycles. The lowest BCUT2D eigenvalue weighted by atomic mass is 10.2. The van der Waals surface area contributed by atoms with E-state index in [-0.39, 0.29) is 17.1 Å². The van der Waals surface area contributed by atoms with Gasteiger partial charge in [0.1, 0.15) is 11.5 Å². The van der Waals surface area contributed by atoms with Crippen LogP contribution >= 0.6 is 0 Å². The first-order chi connectivity index (χ1) is 7.49. The SMILES string of the molecule is C=C(CC(=O)O)C(=O)Oc1cccc(O)c1. The molecule has 1 aromatic rings. The predicted molar refractivity (Wildman–Crippen MR) is 55.1 cm³/mol. The number of carboxylic acids is 1. The Labute approximate surface area is 91.6 Å². The zero-order chi connectivity index (χ0) is 12.1. The van der Waals surface area contributed by atoms with Crippen LogP contribution in [0, 0.1) is 0 Å². The molecule has 0 radical (unpaired) electrons. The Morgan fingerprint density at radius 3 is 2.62 bits per heavy atom. The van der Waals surface area contributed by atoms with Crippen molar-refractivity contribution in [3.63, 3.8) is 0 Å². The van der Waals surface area contributed by atoms with Crippen LogP contribution in [0.5, 0.6) is 11.5 Å². The maximum Gasteiger partial charge on any atom is 0.339 e. The number of aliphatic carboxylic acids is 1. The van der Waals surface area contributed by atoms with Crippen LogP contribution < -0.4 is 4.74 Å². The molecule has 0 fully saturated rings. The van der Waals surface area contributed by atoms with E-state index >= 15 is 0 Å². The van der Waals surface area contributed by atoms with E-state index in [4.69, 9.17) is 14.9 Å². The highest BCUT2D eigenvalue weighted by Gasteiger charge is 2.13. The Balaban J connectivity index is 2.64. The molecule has 1 rings (SSSR count). The van der Waals surface area contributed by atoms with E-state index in [1.54, 1.807) is 0 Å². The van der Waals surface area contributed by atoms with Crippen molar-refractivity contribution in [2.45, 2.75) is 6.42 Å². The van der Waals surface area contributed by atoms with Crippen molar-refractivity contribution in [2.75, 3.05) is 0 Å². The minimum absolute atomic E-state index is 0.0471. The molecule has 0 aliphatic heterocycles. The molecule has 0 aliphatic carbocycles. The summed E-state index contributed by atoms with van der Waals surface area (Å²) < 4.78 is 4.80. The third-order valence-corrected chi connectivity index (χ3v) is 1.68. The molecule has 0 unspecified atom stereocenters. The molecule has 16 heavy (non-hydrogen) atoms. The molecule has 0 heterocycles. The monoisotopic (exact) mass is 222 g/mol. The van der Waals surface area contributed by atoms with Gasteiger partial charge in [-0.2, -0.15) is 0 Å². The molecular weight excluding hydrogens is 212 g/mol. The zero-order valence-electron chi connectivity index (χ0n) is 8.34. The van der Waals surface area contributed by atoms with Gasteiger partial charge in [-0.3, -0.25) is 4.79 Å². The van der Waals surface area contributed by atoms with E-state index in [1.807, 2.05) is 0 Å². The smallest absolute Gasteiger partial charge is 0.339 e. The number of aromatic hydroxyl groups is 1.